The van der Waals surface area contributed by atoms with Gasteiger partial charge >= 0.3 is 31.3 Å². The van der Waals surface area contributed by atoms with Crippen molar-refractivity contribution in [2.75, 3.05) is 31.6 Å². The highest BCUT2D eigenvalue weighted by atomic mass is 31.2. The number of ether oxygens (including phenoxy) is 3. The summed E-state index contributed by atoms with van der Waals surface area (Å²) in [6, 6.07) is 7.91. The molecule has 0 aliphatic carbocycles. The molecule has 2 atom stereocenters. The number of primary amides is 1. The number of esters is 2. The fourth-order valence-electron chi connectivity index (χ4n) is 5.93. The lowest BCUT2D eigenvalue weighted by atomic mass is 9.98. The van der Waals surface area contributed by atoms with Crippen molar-refractivity contribution in [3.05, 3.63) is 70.8 Å². The van der Waals surface area contributed by atoms with E-state index in [1.807, 2.05) is 18.2 Å². The number of allylic oxidation sites excluding steroid dienone is 1. The molecule has 4 rings (SSSR count). The largest absolute Gasteiger partial charge is 0.448 e. The quantitative estimate of drug-likeness (QED) is 0.0536. The summed E-state index contributed by atoms with van der Waals surface area (Å²) < 4.78 is 69.9. The number of halogens is 2. The van der Waals surface area contributed by atoms with E-state index in [2.05, 4.69) is 15.4 Å². The van der Waals surface area contributed by atoms with E-state index in [1.54, 1.807) is 0 Å². The summed E-state index contributed by atoms with van der Waals surface area (Å²) in [5.74, 6) is -3.30. The Hall–Kier alpha value is -5.19. The van der Waals surface area contributed by atoms with Crippen LogP contribution in [0, 0.1) is 10.8 Å². The van der Waals surface area contributed by atoms with Crippen molar-refractivity contribution in [2.45, 2.75) is 85.5 Å². The predicted octanol–water partition coefficient (Wildman–Crippen LogP) is 5.06. The van der Waals surface area contributed by atoms with Crippen LogP contribution in [-0.4, -0.2) is 74.6 Å². The van der Waals surface area contributed by atoms with Gasteiger partial charge in [-0.3, -0.25) is 42.5 Å². The molecule has 0 radical (unpaired) electrons. The lowest BCUT2D eigenvalue weighted by Crippen LogP contribution is -2.54. The summed E-state index contributed by atoms with van der Waals surface area (Å²) in [7, 11) is -5.55. The van der Waals surface area contributed by atoms with Gasteiger partial charge in [0.15, 0.2) is 0 Å². The van der Waals surface area contributed by atoms with E-state index in [1.165, 1.54) is 71.6 Å². The van der Waals surface area contributed by atoms with Crippen molar-refractivity contribution in [3.63, 3.8) is 0 Å². The maximum Gasteiger partial charge on any atom is 0.410 e. The number of nitrogens with zero attached hydrogens (tertiary/aromatic N) is 1. The van der Waals surface area contributed by atoms with Gasteiger partial charge in [0, 0.05) is 18.1 Å². The molecular formula is C39H49F2N4O12P. The summed E-state index contributed by atoms with van der Waals surface area (Å²) in [6.07, 6.45) is 1.07. The summed E-state index contributed by atoms with van der Waals surface area (Å²) in [5.41, 5.74) is 0.599. The molecule has 2 heterocycles. The highest BCUT2D eigenvalue weighted by molar-refractivity contribution is 7.54. The van der Waals surface area contributed by atoms with Crippen LogP contribution < -0.4 is 21.3 Å². The molecule has 0 aromatic heterocycles. The van der Waals surface area contributed by atoms with Crippen LogP contribution in [0.15, 0.2) is 48.5 Å². The molecule has 0 fully saturated rings. The van der Waals surface area contributed by atoms with Crippen LogP contribution in [0.4, 0.5) is 19.3 Å². The maximum atomic E-state index is 16.0. The number of hydrogen-bond acceptors (Lipinski definition) is 12. The number of alkyl halides is 2. The van der Waals surface area contributed by atoms with Gasteiger partial charge in [-0.1, -0.05) is 42.5 Å². The SMILES string of the molecule is CC(=CC(=O)NC1CCc2cccc3c2N(C1=O)C(C(=O)NCCOC(N)=O)C3)c1ccc(C(F)(F)P(=O)(OCOC(=O)C(C)(C)C)OCOC(=O)C(C)(C)C)cc1. The molecule has 4 N–H and O–H groups in total. The van der Waals surface area contributed by atoms with Gasteiger partial charge < -0.3 is 30.6 Å². The van der Waals surface area contributed by atoms with Gasteiger partial charge in [-0.05, 0) is 83.6 Å². The topological polar surface area (TPSA) is 219 Å². The second-order valence-corrected chi connectivity index (χ2v) is 17.8. The van der Waals surface area contributed by atoms with E-state index in [9.17, 15) is 33.3 Å². The Morgan fingerprint density at radius 2 is 1.47 bits per heavy atom. The Labute approximate surface area is 334 Å². The van der Waals surface area contributed by atoms with Crippen LogP contribution in [0.5, 0.6) is 0 Å². The smallest absolute Gasteiger partial charge is 0.410 e. The highest BCUT2D eigenvalue weighted by Gasteiger charge is 2.56. The number of hydrogen-bond donors (Lipinski definition) is 3. The van der Waals surface area contributed by atoms with Crippen LogP contribution in [0.3, 0.4) is 0 Å². The third-order valence-electron chi connectivity index (χ3n) is 9.10. The fourth-order valence-corrected chi connectivity index (χ4v) is 7.18. The van der Waals surface area contributed by atoms with Gasteiger partial charge in [0.25, 0.3) is 0 Å². The molecule has 19 heteroatoms. The van der Waals surface area contributed by atoms with Crippen LogP contribution in [-0.2, 0) is 70.3 Å². The standard InChI is InChI=1S/C39H49F2N4O12P/c1-23(19-30(46)44-28-16-13-25-9-8-10-26-20-29(45(31(25)26)33(28)48)32(47)43-17-18-53-36(42)51)24-11-14-27(15-12-24)39(40,41)58(52,56-21-54-34(49)37(2,3)4)57-22-55-35(50)38(5,6)7/h8-12,14-15,19,28-29H,13,16-18,20-22H2,1-7H3,(H2,42,51)(H,43,47)(H,44,46). The zero-order chi connectivity index (χ0) is 43.2. The Morgan fingerprint density at radius 3 is 2.02 bits per heavy atom. The molecule has 2 aliphatic rings. The first-order valence-corrected chi connectivity index (χ1v) is 19.9. The molecular weight excluding hydrogens is 785 g/mol. The number of nitrogens with one attached hydrogen (secondary N) is 2. The first kappa shape index (κ1) is 45.5. The minimum atomic E-state index is -5.55. The van der Waals surface area contributed by atoms with Crippen molar-refractivity contribution < 1.29 is 65.4 Å². The minimum absolute atomic E-state index is 0.0309. The summed E-state index contributed by atoms with van der Waals surface area (Å²) in [5, 5.41) is 5.36. The van der Waals surface area contributed by atoms with Crippen molar-refractivity contribution in [1.29, 1.82) is 0 Å². The zero-order valence-corrected chi connectivity index (χ0v) is 34.2. The number of amides is 4. The van der Waals surface area contributed by atoms with Gasteiger partial charge in [-0.2, -0.15) is 8.78 Å². The van der Waals surface area contributed by atoms with E-state index in [-0.39, 0.29) is 26.0 Å². The van der Waals surface area contributed by atoms with E-state index in [0.29, 0.717) is 23.2 Å². The van der Waals surface area contributed by atoms with E-state index in [0.717, 1.165) is 23.3 Å². The van der Waals surface area contributed by atoms with Crippen molar-refractivity contribution >= 4 is 54.6 Å². The molecule has 0 bridgehead atoms. The average Bonchev–Trinajstić information content (AvgIpc) is 3.48. The fraction of sp³-hybridized carbons (Fsp3) is 0.487. The summed E-state index contributed by atoms with van der Waals surface area (Å²) in [4.78, 5) is 77.2. The van der Waals surface area contributed by atoms with Crippen LogP contribution in [0.2, 0.25) is 0 Å². The Balaban J connectivity index is 1.48. The Bertz CT molecular complexity index is 1960. The number of aryl methyl sites for hydroxylation is 1. The first-order valence-electron chi connectivity index (χ1n) is 18.3. The second-order valence-electron chi connectivity index (χ2n) is 15.7. The number of nitrogens with two attached hydrogens (primary N) is 1. The third kappa shape index (κ3) is 10.8. The molecule has 58 heavy (non-hydrogen) atoms. The van der Waals surface area contributed by atoms with Gasteiger partial charge in [-0.15, -0.1) is 0 Å². The lowest BCUT2D eigenvalue weighted by Gasteiger charge is -2.27. The molecule has 0 spiro atoms. The number of anilines is 1. The van der Waals surface area contributed by atoms with Crippen LogP contribution in [0.1, 0.15) is 77.1 Å². The number of benzene rings is 2. The number of carbonyl (C=O) groups excluding carboxylic acids is 6. The second kappa shape index (κ2) is 18.2. The van der Waals surface area contributed by atoms with E-state index >= 15 is 8.78 Å². The molecule has 2 aromatic rings. The lowest BCUT2D eigenvalue weighted by molar-refractivity contribution is -0.163. The molecule has 4 amide bonds. The van der Waals surface area contributed by atoms with Crippen molar-refractivity contribution in [2.24, 2.45) is 16.6 Å². The third-order valence-corrected chi connectivity index (χ3v) is 10.9. The van der Waals surface area contributed by atoms with Crippen LogP contribution >= 0.6 is 7.60 Å². The normalized spacial score (nSPS) is 17.2. The van der Waals surface area contributed by atoms with Gasteiger partial charge in [-0.25, -0.2) is 4.79 Å². The average molecular weight is 835 g/mol. The number of carbonyl (C=O) groups is 6. The molecule has 316 valence electrons. The Kier molecular flexibility index (Phi) is 14.3. The molecule has 2 unspecified atom stereocenters. The molecule has 2 aromatic carbocycles. The minimum Gasteiger partial charge on any atom is -0.448 e. The first-order chi connectivity index (χ1) is 27.0. The zero-order valence-electron chi connectivity index (χ0n) is 33.3. The number of para-hydroxylation sites is 1. The monoisotopic (exact) mass is 834 g/mol. The number of rotatable bonds is 15. The summed E-state index contributed by atoms with van der Waals surface area (Å²) in [6.45, 7) is 8.12. The van der Waals surface area contributed by atoms with Crippen molar-refractivity contribution in [3.8, 4) is 0 Å². The molecule has 16 nitrogen and oxygen atoms in total. The van der Waals surface area contributed by atoms with Gasteiger partial charge in [0.05, 0.1) is 23.1 Å². The molecule has 2 aliphatic heterocycles. The summed E-state index contributed by atoms with van der Waals surface area (Å²) >= 11 is 0. The predicted molar refractivity (Wildman–Crippen MR) is 205 cm³/mol. The van der Waals surface area contributed by atoms with Gasteiger partial charge in [0.2, 0.25) is 31.3 Å². The van der Waals surface area contributed by atoms with Gasteiger partial charge in [0.1, 0.15) is 18.7 Å². The van der Waals surface area contributed by atoms with E-state index < -0.39 is 91.1 Å². The highest BCUT2D eigenvalue weighted by Crippen LogP contribution is 2.67. The van der Waals surface area contributed by atoms with Crippen molar-refractivity contribution in [1.82, 2.24) is 10.6 Å². The van der Waals surface area contributed by atoms with E-state index in [4.69, 9.17) is 24.3 Å². The molecule has 0 saturated carbocycles. The Morgan fingerprint density at radius 1 is 0.897 bits per heavy atom. The molecule has 0 saturated heterocycles. The van der Waals surface area contributed by atoms with Crippen LogP contribution in [0.25, 0.3) is 5.57 Å². The maximum absolute atomic E-state index is 16.0.